The van der Waals surface area contributed by atoms with Gasteiger partial charge in [-0.2, -0.15) is 0 Å². The van der Waals surface area contributed by atoms with E-state index in [1.807, 2.05) is 30.0 Å². The molecule has 0 unspecified atom stereocenters. The summed E-state index contributed by atoms with van der Waals surface area (Å²) >= 11 is 1.86. The van der Waals surface area contributed by atoms with Crippen molar-refractivity contribution in [2.24, 2.45) is 0 Å². The van der Waals surface area contributed by atoms with Crippen molar-refractivity contribution < 1.29 is 0 Å². The number of rotatable bonds is 1. The van der Waals surface area contributed by atoms with Gasteiger partial charge >= 0.3 is 0 Å². The molecule has 0 bridgehead atoms. The maximum atomic E-state index is 7.95. The van der Waals surface area contributed by atoms with Crippen molar-refractivity contribution in [3.05, 3.63) is 133 Å². The summed E-state index contributed by atoms with van der Waals surface area (Å²) in [7, 11) is 0. The zero-order valence-electron chi connectivity index (χ0n) is 22.4. The molecule has 0 saturated carbocycles. The molecule has 6 aromatic carbocycles. The van der Waals surface area contributed by atoms with Crippen LogP contribution < -0.4 is 21.3 Å². The Hall–Kier alpha value is -5.18. The molecular formula is C37H20BN3S. The summed E-state index contributed by atoms with van der Waals surface area (Å²) < 4.78 is 2.48. The van der Waals surface area contributed by atoms with Gasteiger partial charge in [-0.3, -0.25) is 0 Å². The molecule has 3 aliphatic heterocycles. The highest BCUT2D eigenvalue weighted by atomic mass is 32.2. The molecule has 42 heavy (non-hydrogen) atoms. The third-order valence-corrected chi connectivity index (χ3v) is 10.3. The van der Waals surface area contributed by atoms with Crippen LogP contribution in [0.15, 0.2) is 131 Å². The first-order valence-corrected chi connectivity index (χ1v) is 15.0. The van der Waals surface area contributed by atoms with Gasteiger partial charge in [0.2, 0.25) is 0 Å². The predicted molar refractivity (Wildman–Crippen MR) is 176 cm³/mol. The van der Waals surface area contributed by atoms with Crippen LogP contribution in [0.25, 0.3) is 43.5 Å². The average molecular weight is 549 g/mol. The largest absolute Gasteiger partial charge is 0.310 e. The van der Waals surface area contributed by atoms with Crippen LogP contribution >= 0.6 is 11.8 Å². The van der Waals surface area contributed by atoms with Gasteiger partial charge in [-0.15, -0.1) is 0 Å². The highest BCUT2D eigenvalue weighted by Crippen LogP contribution is 2.53. The van der Waals surface area contributed by atoms with E-state index in [0.29, 0.717) is 5.69 Å². The van der Waals surface area contributed by atoms with Crippen molar-refractivity contribution in [1.29, 1.82) is 0 Å². The summed E-state index contributed by atoms with van der Waals surface area (Å²) in [6.45, 7) is 8.06. The third kappa shape index (κ3) is 2.68. The number of hydrogen-bond acceptors (Lipinski definition) is 2. The molecule has 0 aliphatic carbocycles. The van der Waals surface area contributed by atoms with Crippen molar-refractivity contribution in [3.8, 4) is 16.8 Å². The van der Waals surface area contributed by atoms with Gasteiger partial charge in [-0.1, -0.05) is 96.7 Å². The number of hydrogen-bond donors (Lipinski definition) is 0. The number of aromatic nitrogens is 1. The zero-order chi connectivity index (χ0) is 27.5. The van der Waals surface area contributed by atoms with E-state index in [4.69, 9.17) is 6.57 Å². The predicted octanol–water partition coefficient (Wildman–Crippen LogP) is 8.08. The Kier molecular flexibility index (Phi) is 4.27. The van der Waals surface area contributed by atoms with Crippen LogP contribution in [-0.2, 0) is 0 Å². The number of para-hydroxylation sites is 5. The molecule has 0 saturated heterocycles. The summed E-state index contributed by atoms with van der Waals surface area (Å²) in [5, 5.41) is 2.55. The molecule has 192 valence electrons. The minimum Gasteiger partial charge on any atom is -0.310 e. The van der Waals surface area contributed by atoms with E-state index in [-0.39, 0.29) is 6.71 Å². The van der Waals surface area contributed by atoms with Gasteiger partial charge in [0.15, 0.2) is 5.69 Å². The summed E-state index contributed by atoms with van der Waals surface area (Å²) in [5.41, 5.74) is 14.1. The normalized spacial score (nSPS) is 13.5. The molecule has 5 heteroatoms. The first-order valence-electron chi connectivity index (χ1n) is 14.2. The van der Waals surface area contributed by atoms with Gasteiger partial charge in [-0.25, -0.2) is 4.85 Å². The summed E-state index contributed by atoms with van der Waals surface area (Å²) in [6.07, 6.45) is 0. The van der Waals surface area contributed by atoms with Crippen LogP contribution in [0, 0.1) is 6.57 Å². The maximum absolute atomic E-state index is 7.95. The fourth-order valence-corrected chi connectivity index (χ4v) is 8.68. The Balaban J connectivity index is 1.43. The molecule has 0 N–H and O–H groups in total. The molecule has 4 heterocycles. The van der Waals surface area contributed by atoms with Crippen LogP contribution in [0.3, 0.4) is 0 Å². The maximum Gasteiger partial charge on any atom is 0.252 e. The summed E-state index contributed by atoms with van der Waals surface area (Å²) in [5.74, 6) is 0. The van der Waals surface area contributed by atoms with Crippen LogP contribution in [0.4, 0.5) is 22.7 Å². The topological polar surface area (TPSA) is 12.5 Å². The Morgan fingerprint density at radius 2 is 1.38 bits per heavy atom. The smallest absolute Gasteiger partial charge is 0.252 e. The van der Waals surface area contributed by atoms with E-state index in [9.17, 15) is 0 Å². The van der Waals surface area contributed by atoms with Gasteiger partial charge < -0.3 is 9.47 Å². The van der Waals surface area contributed by atoms with Gasteiger partial charge in [0.05, 0.1) is 23.5 Å². The minimum absolute atomic E-state index is 0.109. The Morgan fingerprint density at radius 1 is 0.643 bits per heavy atom. The summed E-state index contributed by atoms with van der Waals surface area (Å²) in [4.78, 5) is 8.95. The number of fused-ring (bicyclic) bond motifs is 9. The molecule has 0 fully saturated rings. The van der Waals surface area contributed by atoms with Gasteiger partial charge in [0.25, 0.3) is 6.71 Å². The average Bonchev–Trinajstić information content (AvgIpc) is 3.39. The zero-order valence-corrected chi connectivity index (χ0v) is 23.2. The van der Waals surface area contributed by atoms with Crippen LogP contribution in [0.5, 0.6) is 0 Å². The van der Waals surface area contributed by atoms with Gasteiger partial charge in [0, 0.05) is 37.5 Å². The molecule has 0 atom stereocenters. The monoisotopic (exact) mass is 549 g/mol. The van der Waals surface area contributed by atoms with E-state index in [1.165, 1.54) is 70.7 Å². The SMILES string of the molecule is [C-]#[N+]c1ccccc1-c1cc2c3c(c1)-n1c4ccccc4c4cccc(c41)B3c1cccc3c1N2c1ccccc1S3. The van der Waals surface area contributed by atoms with E-state index < -0.39 is 0 Å². The second kappa shape index (κ2) is 7.97. The fourth-order valence-electron chi connectivity index (χ4n) is 7.58. The van der Waals surface area contributed by atoms with Gasteiger partial charge in [-0.05, 0) is 63.9 Å². The highest BCUT2D eigenvalue weighted by Gasteiger charge is 2.44. The quantitative estimate of drug-likeness (QED) is 0.152. The van der Waals surface area contributed by atoms with E-state index in [1.54, 1.807) is 0 Å². The van der Waals surface area contributed by atoms with Crippen LogP contribution in [0.1, 0.15) is 0 Å². The standard InChI is InChI=1S/C37H20BN3S/c1-39-28-15-4-2-10-23(28)22-20-31-35-32(21-22)41-30-17-6-7-18-33(30)42-34-19-9-14-27(37(34)41)38(35)26-13-8-12-25-24-11-3-5-16-29(24)40(31)36(25)26/h2-21H. The lowest BCUT2D eigenvalue weighted by molar-refractivity contribution is 1.15. The molecule has 0 amide bonds. The molecular weight excluding hydrogens is 529 g/mol. The molecule has 1 aromatic heterocycles. The Morgan fingerprint density at radius 3 is 2.33 bits per heavy atom. The molecule has 3 nitrogen and oxygen atoms in total. The number of anilines is 3. The van der Waals surface area contributed by atoms with E-state index in [0.717, 1.165) is 11.1 Å². The van der Waals surface area contributed by atoms with Crippen LogP contribution in [-0.4, -0.2) is 11.3 Å². The van der Waals surface area contributed by atoms with Crippen molar-refractivity contribution in [1.82, 2.24) is 4.57 Å². The Labute approximate surface area is 247 Å². The summed E-state index contributed by atoms with van der Waals surface area (Å²) in [6, 6.07) is 43.8. The first kappa shape index (κ1) is 22.5. The van der Waals surface area contributed by atoms with Crippen molar-refractivity contribution >= 4 is 79.4 Å². The number of benzene rings is 6. The molecule has 0 radical (unpaired) electrons. The number of nitrogens with zero attached hydrogens (tertiary/aromatic N) is 3. The second-order valence-electron chi connectivity index (χ2n) is 11.2. The van der Waals surface area contributed by atoms with Crippen molar-refractivity contribution in [2.45, 2.75) is 9.79 Å². The fraction of sp³-hybridized carbons (Fsp3) is 0. The minimum atomic E-state index is 0.109. The molecule has 3 aliphatic rings. The second-order valence-corrected chi connectivity index (χ2v) is 12.3. The van der Waals surface area contributed by atoms with Crippen molar-refractivity contribution in [3.63, 3.8) is 0 Å². The molecule has 0 spiro atoms. The first-order chi connectivity index (χ1) is 20.8. The van der Waals surface area contributed by atoms with E-state index in [2.05, 4.69) is 117 Å². The van der Waals surface area contributed by atoms with Crippen molar-refractivity contribution in [2.75, 3.05) is 4.90 Å². The lowest BCUT2D eigenvalue weighted by Gasteiger charge is -2.43. The lowest BCUT2D eigenvalue weighted by atomic mass is 9.33. The highest BCUT2D eigenvalue weighted by molar-refractivity contribution is 7.99. The van der Waals surface area contributed by atoms with Gasteiger partial charge in [0.1, 0.15) is 0 Å². The van der Waals surface area contributed by atoms with E-state index >= 15 is 0 Å². The van der Waals surface area contributed by atoms with Crippen LogP contribution in [0.2, 0.25) is 0 Å². The lowest BCUT2D eigenvalue weighted by Crippen LogP contribution is -2.60. The molecule has 10 rings (SSSR count). The third-order valence-electron chi connectivity index (χ3n) is 9.17. The molecule has 7 aromatic rings. The Bertz CT molecular complexity index is 2380.